The summed E-state index contributed by atoms with van der Waals surface area (Å²) in [5.41, 5.74) is -0.0134. The summed E-state index contributed by atoms with van der Waals surface area (Å²) in [6, 6.07) is 2.69. The minimum absolute atomic E-state index is 0.0820. The van der Waals surface area contributed by atoms with Crippen molar-refractivity contribution in [1.82, 2.24) is 0 Å². The highest BCUT2D eigenvalue weighted by Crippen LogP contribution is 2.38. The molecule has 1 aromatic carbocycles. The maximum Gasteiger partial charge on any atom is 0.315 e. The van der Waals surface area contributed by atoms with Crippen LogP contribution in [-0.4, -0.2) is 24.4 Å². The van der Waals surface area contributed by atoms with Crippen molar-refractivity contribution in [3.05, 3.63) is 27.8 Å². The zero-order chi connectivity index (χ0) is 15.1. The minimum atomic E-state index is -0.565. The van der Waals surface area contributed by atoms with Crippen LogP contribution in [0, 0.1) is 10.1 Å². The Kier molecular flexibility index (Phi) is 5.96. The number of nitro groups is 1. The van der Waals surface area contributed by atoms with Crippen LogP contribution in [0.1, 0.15) is 43.5 Å². The highest BCUT2D eigenvalue weighted by atomic mass is 16.6. The number of ketones is 1. The third-order valence-electron chi connectivity index (χ3n) is 2.85. The van der Waals surface area contributed by atoms with E-state index in [-0.39, 0.29) is 28.5 Å². The molecule has 0 amide bonds. The molecular weight excluding hydrogens is 262 g/mol. The smallest absolute Gasteiger partial charge is 0.315 e. The van der Waals surface area contributed by atoms with Crippen LogP contribution in [0.4, 0.5) is 5.69 Å². The number of carbonyl (C=O) groups excluding carboxylic acids is 1. The molecule has 0 saturated heterocycles. The van der Waals surface area contributed by atoms with Gasteiger partial charge in [-0.1, -0.05) is 19.8 Å². The van der Waals surface area contributed by atoms with Gasteiger partial charge in [0.2, 0.25) is 5.75 Å². The number of hydrogen-bond donors (Lipinski definition) is 0. The zero-order valence-corrected chi connectivity index (χ0v) is 12.0. The fourth-order valence-corrected chi connectivity index (χ4v) is 1.75. The van der Waals surface area contributed by atoms with Crippen LogP contribution in [0.2, 0.25) is 0 Å². The molecule has 0 saturated carbocycles. The lowest BCUT2D eigenvalue weighted by molar-refractivity contribution is -0.386. The fraction of sp³-hybridized carbons (Fsp3) is 0.500. The Hall–Kier alpha value is -2.11. The van der Waals surface area contributed by atoms with Gasteiger partial charge in [0.15, 0.2) is 11.5 Å². The van der Waals surface area contributed by atoms with Crippen LogP contribution in [0.25, 0.3) is 0 Å². The molecule has 0 fully saturated rings. The normalized spacial score (nSPS) is 10.2. The minimum Gasteiger partial charge on any atom is -0.493 e. The second-order valence-electron chi connectivity index (χ2n) is 4.40. The summed E-state index contributed by atoms with van der Waals surface area (Å²) in [4.78, 5) is 21.9. The molecule has 0 unspecified atom stereocenters. The van der Waals surface area contributed by atoms with Gasteiger partial charge < -0.3 is 9.47 Å². The van der Waals surface area contributed by atoms with E-state index in [9.17, 15) is 14.9 Å². The summed E-state index contributed by atoms with van der Waals surface area (Å²) in [5.74, 6) is 0.0310. The topological polar surface area (TPSA) is 78.7 Å². The third kappa shape index (κ3) is 3.94. The van der Waals surface area contributed by atoms with E-state index in [2.05, 4.69) is 6.92 Å². The van der Waals surface area contributed by atoms with Gasteiger partial charge in [0.05, 0.1) is 18.6 Å². The Morgan fingerprint density at radius 2 is 2.05 bits per heavy atom. The molecule has 0 aliphatic heterocycles. The number of rotatable bonds is 8. The second kappa shape index (κ2) is 7.47. The summed E-state index contributed by atoms with van der Waals surface area (Å²) in [6.45, 7) is 3.79. The number of nitro benzene ring substituents is 1. The monoisotopic (exact) mass is 281 g/mol. The lowest BCUT2D eigenvalue weighted by Gasteiger charge is -2.12. The first kappa shape index (κ1) is 15.9. The maximum atomic E-state index is 11.4. The van der Waals surface area contributed by atoms with Crippen LogP contribution in [0.15, 0.2) is 12.1 Å². The average molecular weight is 281 g/mol. The predicted octanol–water partition coefficient (Wildman–Crippen LogP) is 3.38. The largest absolute Gasteiger partial charge is 0.493 e. The molecule has 0 atom stereocenters. The zero-order valence-electron chi connectivity index (χ0n) is 12.0. The molecule has 0 radical (unpaired) electrons. The molecule has 0 aromatic heterocycles. The molecule has 6 heteroatoms. The van der Waals surface area contributed by atoms with Crippen LogP contribution in [0.5, 0.6) is 11.5 Å². The molecule has 0 bridgehead atoms. The van der Waals surface area contributed by atoms with Crippen molar-refractivity contribution >= 4 is 11.5 Å². The fourth-order valence-electron chi connectivity index (χ4n) is 1.75. The molecule has 0 aliphatic carbocycles. The van der Waals surface area contributed by atoms with Gasteiger partial charge in [-0.2, -0.15) is 0 Å². The number of methoxy groups -OCH3 is 1. The van der Waals surface area contributed by atoms with E-state index in [1.165, 1.54) is 26.2 Å². The van der Waals surface area contributed by atoms with Gasteiger partial charge in [-0.15, -0.1) is 0 Å². The van der Waals surface area contributed by atoms with Gasteiger partial charge >= 0.3 is 5.69 Å². The molecule has 20 heavy (non-hydrogen) atoms. The first-order chi connectivity index (χ1) is 9.51. The molecule has 6 nitrogen and oxygen atoms in total. The third-order valence-corrected chi connectivity index (χ3v) is 2.85. The molecule has 0 N–H and O–H groups in total. The lowest BCUT2D eigenvalue weighted by atomic mass is 10.1. The van der Waals surface area contributed by atoms with Gasteiger partial charge in [0, 0.05) is 11.6 Å². The van der Waals surface area contributed by atoms with E-state index in [1.54, 1.807) is 0 Å². The van der Waals surface area contributed by atoms with Gasteiger partial charge in [-0.3, -0.25) is 14.9 Å². The average Bonchev–Trinajstić information content (AvgIpc) is 2.42. The number of nitrogens with zero attached hydrogens (tertiary/aromatic N) is 1. The molecule has 0 heterocycles. The Balaban J connectivity index is 3.11. The lowest BCUT2D eigenvalue weighted by Crippen LogP contribution is -2.05. The summed E-state index contributed by atoms with van der Waals surface area (Å²) < 4.78 is 10.6. The molecular formula is C14H19NO5. The molecule has 0 aliphatic rings. The van der Waals surface area contributed by atoms with Crippen molar-refractivity contribution in [1.29, 1.82) is 0 Å². The van der Waals surface area contributed by atoms with Gasteiger partial charge in [-0.25, -0.2) is 0 Å². The first-order valence-corrected chi connectivity index (χ1v) is 6.51. The Bertz CT molecular complexity index is 499. The van der Waals surface area contributed by atoms with Crippen molar-refractivity contribution in [2.75, 3.05) is 13.7 Å². The number of ether oxygens (including phenoxy) is 2. The van der Waals surface area contributed by atoms with Crippen molar-refractivity contribution in [3.63, 3.8) is 0 Å². The maximum absolute atomic E-state index is 11.4. The SMILES string of the molecule is CCCCCOc1c(OC)cc(C(C)=O)cc1[N+](=O)[O-]. The molecule has 110 valence electrons. The van der Waals surface area contributed by atoms with Crippen LogP contribution >= 0.6 is 0 Å². The van der Waals surface area contributed by atoms with Crippen molar-refractivity contribution in [2.24, 2.45) is 0 Å². The van der Waals surface area contributed by atoms with Gasteiger partial charge in [-0.05, 0) is 19.4 Å². The second-order valence-corrected chi connectivity index (χ2v) is 4.40. The van der Waals surface area contributed by atoms with Crippen molar-refractivity contribution < 1.29 is 19.2 Å². The van der Waals surface area contributed by atoms with Gasteiger partial charge in [0.1, 0.15) is 0 Å². The number of hydrogen-bond acceptors (Lipinski definition) is 5. The molecule has 0 spiro atoms. The highest BCUT2D eigenvalue weighted by Gasteiger charge is 2.23. The molecule has 1 aromatic rings. The van der Waals surface area contributed by atoms with Crippen LogP contribution in [-0.2, 0) is 0 Å². The highest BCUT2D eigenvalue weighted by molar-refractivity contribution is 5.95. The van der Waals surface area contributed by atoms with E-state index < -0.39 is 4.92 Å². The van der Waals surface area contributed by atoms with Crippen LogP contribution in [0.3, 0.4) is 0 Å². The number of benzene rings is 1. The van der Waals surface area contributed by atoms with Gasteiger partial charge in [0.25, 0.3) is 0 Å². The van der Waals surface area contributed by atoms with E-state index in [0.29, 0.717) is 6.61 Å². The Morgan fingerprint density at radius 3 is 2.55 bits per heavy atom. The van der Waals surface area contributed by atoms with Crippen molar-refractivity contribution in [2.45, 2.75) is 33.1 Å². The first-order valence-electron chi connectivity index (χ1n) is 6.51. The van der Waals surface area contributed by atoms with E-state index >= 15 is 0 Å². The quantitative estimate of drug-likeness (QED) is 0.316. The Morgan fingerprint density at radius 1 is 1.35 bits per heavy atom. The van der Waals surface area contributed by atoms with E-state index in [4.69, 9.17) is 9.47 Å². The number of carbonyl (C=O) groups is 1. The molecule has 1 rings (SSSR count). The summed E-state index contributed by atoms with van der Waals surface area (Å²) in [5, 5.41) is 11.1. The summed E-state index contributed by atoms with van der Waals surface area (Å²) >= 11 is 0. The van der Waals surface area contributed by atoms with E-state index in [0.717, 1.165) is 19.3 Å². The predicted molar refractivity (Wildman–Crippen MR) is 74.7 cm³/mol. The Labute approximate surface area is 117 Å². The summed E-state index contributed by atoms with van der Waals surface area (Å²) in [6.07, 6.45) is 2.83. The summed E-state index contributed by atoms with van der Waals surface area (Å²) in [7, 11) is 1.39. The van der Waals surface area contributed by atoms with Crippen LogP contribution < -0.4 is 9.47 Å². The number of Topliss-reactive ketones (excluding diaryl/α,β-unsaturated/α-hetero) is 1. The standard InChI is InChI=1S/C14H19NO5/c1-4-5-6-7-20-14-12(15(17)18)8-11(10(2)16)9-13(14)19-3/h8-9H,4-7H2,1-3H3. The van der Waals surface area contributed by atoms with E-state index in [1.807, 2.05) is 0 Å². The number of unbranched alkanes of at least 4 members (excludes halogenated alkanes) is 2. The van der Waals surface area contributed by atoms with Crippen molar-refractivity contribution in [3.8, 4) is 11.5 Å².